The van der Waals surface area contributed by atoms with E-state index in [1.54, 1.807) is 24.3 Å². The molecule has 2 rings (SSSR count). The second-order valence-electron chi connectivity index (χ2n) is 4.75. The highest BCUT2D eigenvalue weighted by molar-refractivity contribution is 7.89. The van der Waals surface area contributed by atoms with Crippen molar-refractivity contribution in [1.29, 1.82) is 0 Å². The van der Waals surface area contributed by atoms with Gasteiger partial charge >= 0.3 is 0 Å². The first kappa shape index (κ1) is 15.9. The Morgan fingerprint density at radius 1 is 1.05 bits per heavy atom. The van der Waals surface area contributed by atoms with Crippen LogP contribution in [0.4, 0.5) is 4.39 Å². The fourth-order valence-corrected chi connectivity index (χ4v) is 3.83. The van der Waals surface area contributed by atoms with Gasteiger partial charge in [-0.05, 0) is 23.3 Å². The lowest BCUT2D eigenvalue weighted by molar-refractivity contribution is 0.593. The van der Waals surface area contributed by atoms with Crippen LogP contribution < -0.4 is 5.73 Å². The number of rotatable bonds is 5. The van der Waals surface area contributed by atoms with Crippen LogP contribution in [0.1, 0.15) is 16.7 Å². The van der Waals surface area contributed by atoms with Gasteiger partial charge in [-0.1, -0.05) is 41.9 Å². The molecule has 0 radical (unpaired) electrons. The van der Waals surface area contributed by atoms with Gasteiger partial charge in [0.25, 0.3) is 0 Å². The Morgan fingerprint density at radius 2 is 1.76 bits per heavy atom. The van der Waals surface area contributed by atoms with Crippen molar-refractivity contribution in [3.05, 3.63) is 70.0 Å². The van der Waals surface area contributed by atoms with Crippen LogP contribution in [0.2, 0.25) is 5.02 Å². The van der Waals surface area contributed by atoms with E-state index >= 15 is 0 Å². The fourth-order valence-electron chi connectivity index (χ4n) is 2.03. The van der Waals surface area contributed by atoms with Crippen molar-refractivity contribution in [3.63, 3.8) is 0 Å². The summed E-state index contributed by atoms with van der Waals surface area (Å²) in [6.07, 6.45) is 0. The minimum atomic E-state index is -3.40. The zero-order chi connectivity index (χ0) is 15.5. The molecule has 0 aliphatic carbocycles. The second-order valence-corrected chi connectivity index (χ2v) is 7.23. The predicted molar refractivity (Wildman–Crippen MR) is 82.1 cm³/mol. The zero-order valence-electron chi connectivity index (χ0n) is 11.2. The predicted octanol–water partition coefficient (Wildman–Crippen LogP) is 3.05. The highest BCUT2D eigenvalue weighted by Crippen LogP contribution is 2.20. The van der Waals surface area contributed by atoms with E-state index in [2.05, 4.69) is 0 Å². The molecular formula is C15H15ClFNO2S. The molecule has 2 N–H and O–H groups in total. The first-order chi connectivity index (χ1) is 9.91. The smallest absolute Gasteiger partial charge is 0.158 e. The van der Waals surface area contributed by atoms with Crippen molar-refractivity contribution in [3.8, 4) is 0 Å². The third-order valence-electron chi connectivity index (χ3n) is 3.05. The Balaban J connectivity index is 2.20. The van der Waals surface area contributed by atoms with E-state index in [4.69, 9.17) is 17.3 Å². The van der Waals surface area contributed by atoms with Crippen LogP contribution >= 0.6 is 11.6 Å². The van der Waals surface area contributed by atoms with Crippen LogP contribution in [-0.4, -0.2) is 8.42 Å². The van der Waals surface area contributed by atoms with E-state index in [1.165, 1.54) is 18.2 Å². The summed E-state index contributed by atoms with van der Waals surface area (Å²) in [4.78, 5) is 0. The van der Waals surface area contributed by atoms with Crippen molar-refractivity contribution in [1.82, 2.24) is 0 Å². The molecule has 0 saturated heterocycles. The number of hydrogen-bond acceptors (Lipinski definition) is 3. The van der Waals surface area contributed by atoms with Crippen molar-refractivity contribution < 1.29 is 12.8 Å². The van der Waals surface area contributed by atoms with Crippen molar-refractivity contribution in [2.75, 3.05) is 0 Å². The third-order valence-corrected chi connectivity index (χ3v) is 4.94. The van der Waals surface area contributed by atoms with Crippen molar-refractivity contribution in [2.24, 2.45) is 5.73 Å². The Labute approximate surface area is 128 Å². The molecule has 21 heavy (non-hydrogen) atoms. The van der Waals surface area contributed by atoms with Gasteiger partial charge < -0.3 is 5.73 Å². The summed E-state index contributed by atoms with van der Waals surface area (Å²) in [6.45, 7) is 0.0320. The molecule has 3 nitrogen and oxygen atoms in total. The van der Waals surface area contributed by atoms with E-state index in [1.807, 2.05) is 0 Å². The highest BCUT2D eigenvalue weighted by Gasteiger charge is 2.16. The van der Waals surface area contributed by atoms with E-state index in [-0.39, 0.29) is 18.1 Å². The van der Waals surface area contributed by atoms with Gasteiger partial charge in [0.1, 0.15) is 5.82 Å². The Hall–Kier alpha value is -1.43. The molecule has 0 saturated carbocycles. The van der Waals surface area contributed by atoms with Crippen LogP contribution in [0.15, 0.2) is 42.5 Å². The summed E-state index contributed by atoms with van der Waals surface area (Å²) in [5.74, 6) is -0.752. The van der Waals surface area contributed by atoms with Crippen LogP contribution in [0.3, 0.4) is 0 Å². The standard InChI is InChI=1S/C15H15ClFNO2S/c16-14-4-2-1-3-12(14)10-21(19,20)9-11-5-6-15(17)13(7-11)8-18/h1-7H,8-10,18H2. The molecule has 0 aromatic heterocycles. The number of nitrogens with two attached hydrogens (primary N) is 1. The van der Waals surface area contributed by atoms with Crippen molar-refractivity contribution >= 4 is 21.4 Å². The molecule has 2 aromatic carbocycles. The summed E-state index contributed by atoms with van der Waals surface area (Å²) in [7, 11) is -3.40. The molecule has 6 heteroatoms. The second kappa shape index (κ2) is 6.56. The van der Waals surface area contributed by atoms with Gasteiger partial charge in [0, 0.05) is 17.1 Å². The Morgan fingerprint density at radius 3 is 2.43 bits per heavy atom. The highest BCUT2D eigenvalue weighted by atomic mass is 35.5. The van der Waals surface area contributed by atoms with E-state index in [0.29, 0.717) is 21.7 Å². The van der Waals surface area contributed by atoms with Crippen LogP contribution in [-0.2, 0) is 27.9 Å². The lowest BCUT2D eigenvalue weighted by Gasteiger charge is -2.08. The molecule has 2 aromatic rings. The maximum absolute atomic E-state index is 13.4. The number of benzene rings is 2. The minimum absolute atomic E-state index is 0.0320. The van der Waals surface area contributed by atoms with E-state index in [0.717, 1.165) is 0 Å². The summed E-state index contributed by atoms with van der Waals surface area (Å²) >= 11 is 5.97. The van der Waals surface area contributed by atoms with Gasteiger partial charge in [0.2, 0.25) is 0 Å². The largest absolute Gasteiger partial charge is 0.326 e. The monoisotopic (exact) mass is 327 g/mol. The molecule has 0 fully saturated rings. The molecule has 0 spiro atoms. The molecular weight excluding hydrogens is 313 g/mol. The maximum Gasteiger partial charge on any atom is 0.158 e. The van der Waals surface area contributed by atoms with Gasteiger partial charge in [0.15, 0.2) is 9.84 Å². The normalized spacial score (nSPS) is 11.6. The van der Waals surface area contributed by atoms with Crippen LogP contribution in [0.5, 0.6) is 0 Å². The van der Waals surface area contributed by atoms with Crippen LogP contribution in [0.25, 0.3) is 0 Å². The first-order valence-corrected chi connectivity index (χ1v) is 8.52. The zero-order valence-corrected chi connectivity index (χ0v) is 12.8. The molecule has 0 amide bonds. The Bertz CT molecular complexity index is 747. The van der Waals surface area contributed by atoms with E-state index in [9.17, 15) is 12.8 Å². The quantitative estimate of drug-likeness (QED) is 0.918. The summed E-state index contributed by atoms with van der Waals surface area (Å²) in [6, 6.07) is 11.0. The molecule has 0 unspecified atom stereocenters. The molecule has 0 bridgehead atoms. The van der Waals surface area contributed by atoms with Gasteiger partial charge in [-0.2, -0.15) is 0 Å². The summed E-state index contributed by atoms with van der Waals surface area (Å²) in [5, 5.41) is 0.419. The lowest BCUT2D eigenvalue weighted by Crippen LogP contribution is -2.09. The number of hydrogen-bond donors (Lipinski definition) is 1. The number of halogens is 2. The summed E-state index contributed by atoms with van der Waals surface area (Å²) < 4.78 is 37.8. The lowest BCUT2D eigenvalue weighted by atomic mass is 10.1. The van der Waals surface area contributed by atoms with Crippen LogP contribution in [0, 0.1) is 5.82 Å². The molecule has 0 aliphatic heterocycles. The molecule has 0 atom stereocenters. The Kier molecular flexibility index (Phi) is 4.98. The minimum Gasteiger partial charge on any atom is -0.326 e. The molecule has 0 heterocycles. The van der Waals surface area contributed by atoms with Gasteiger partial charge in [0.05, 0.1) is 11.5 Å². The van der Waals surface area contributed by atoms with Crippen molar-refractivity contribution in [2.45, 2.75) is 18.1 Å². The average Bonchev–Trinajstić information content (AvgIpc) is 2.43. The van der Waals surface area contributed by atoms with Gasteiger partial charge in [-0.25, -0.2) is 12.8 Å². The SMILES string of the molecule is NCc1cc(CS(=O)(=O)Cc2ccccc2Cl)ccc1F. The average molecular weight is 328 g/mol. The maximum atomic E-state index is 13.4. The topological polar surface area (TPSA) is 60.2 Å². The molecule has 112 valence electrons. The fraction of sp³-hybridized carbons (Fsp3) is 0.200. The van der Waals surface area contributed by atoms with Gasteiger partial charge in [-0.15, -0.1) is 0 Å². The third kappa shape index (κ3) is 4.27. The first-order valence-electron chi connectivity index (χ1n) is 6.32. The van der Waals surface area contributed by atoms with E-state index < -0.39 is 15.7 Å². The van der Waals surface area contributed by atoms with Gasteiger partial charge in [-0.3, -0.25) is 0 Å². The number of sulfone groups is 1. The summed E-state index contributed by atoms with van der Waals surface area (Å²) in [5.41, 5.74) is 6.80. The molecule has 0 aliphatic rings.